The van der Waals surface area contributed by atoms with E-state index in [1.807, 2.05) is 0 Å². The molecule has 2 aromatic heterocycles. The third kappa shape index (κ3) is 1.84. The number of aromatic amines is 1. The Morgan fingerprint density at radius 3 is 2.82 bits per heavy atom. The van der Waals surface area contributed by atoms with Crippen molar-refractivity contribution in [2.75, 3.05) is 5.73 Å². The Kier molecular flexibility index (Phi) is 2.63. The summed E-state index contributed by atoms with van der Waals surface area (Å²) in [7, 11) is 0. The minimum absolute atomic E-state index is 0.0777. The quantitative estimate of drug-likeness (QED) is 0.803. The number of nitrogens with one attached hydrogen (secondary N) is 1. The average Bonchev–Trinajstić information content (AvgIpc) is 2.98. The van der Waals surface area contributed by atoms with Gasteiger partial charge >= 0.3 is 0 Å². The highest BCUT2D eigenvalue weighted by molar-refractivity contribution is 6.20. The maximum Gasteiger partial charge on any atom is 0.183 e. The molecule has 3 N–H and O–H groups in total. The second-order valence-electron chi connectivity index (χ2n) is 4.53. The Morgan fingerprint density at radius 2 is 2.12 bits per heavy atom. The van der Waals surface area contributed by atoms with E-state index in [2.05, 4.69) is 19.9 Å². The van der Waals surface area contributed by atoms with Crippen molar-refractivity contribution < 1.29 is 0 Å². The van der Waals surface area contributed by atoms with Crippen molar-refractivity contribution in [3.05, 3.63) is 12.2 Å². The molecule has 1 saturated carbocycles. The number of hydrogen-bond donors (Lipinski definition) is 2. The summed E-state index contributed by atoms with van der Waals surface area (Å²) >= 11 is 6.45. The van der Waals surface area contributed by atoms with Crippen molar-refractivity contribution in [2.45, 2.75) is 31.1 Å². The van der Waals surface area contributed by atoms with E-state index in [0.717, 1.165) is 5.82 Å². The van der Waals surface area contributed by atoms with Gasteiger partial charge in [-0.2, -0.15) is 0 Å². The summed E-state index contributed by atoms with van der Waals surface area (Å²) in [6.45, 7) is 0. The topological polar surface area (TPSA) is 80.5 Å². The van der Waals surface area contributed by atoms with Crippen molar-refractivity contribution in [1.29, 1.82) is 0 Å². The number of imidazole rings is 1. The largest absolute Gasteiger partial charge is 0.382 e. The van der Waals surface area contributed by atoms with E-state index in [1.165, 1.54) is 32.0 Å². The highest BCUT2D eigenvalue weighted by Gasteiger charge is 2.27. The Hall–Kier alpha value is -1.36. The van der Waals surface area contributed by atoms with Crippen LogP contribution in [0.5, 0.6) is 0 Å². The van der Waals surface area contributed by atoms with Gasteiger partial charge in [0.05, 0.1) is 5.38 Å². The lowest BCUT2D eigenvalue weighted by molar-refractivity contribution is 0.516. The van der Waals surface area contributed by atoms with Gasteiger partial charge in [0, 0.05) is 0 Å². The maximum absolute atomic E-state index is 6.45. The van der Waals surface area contributed by atoms with E-state index < -0.39 is 0 Å². The van der Waals surface area contributed by atoms with Gasteiger partial charge in [-0.15, -0.1) is 11.6 Å². The molecule has 5 nitrogen and oxygen atoms in total. The normalized spacial score (nSPS) is 18.9. The monoisotopic (exact) mass is 251 g/mol. The minimum atomic E-state index is -0.0777. The van der Waals surface area contributed by atoms with E-state index in [1.54, 1.807) is 0 Å². The lowest BCUT2D eigenvalue weighted by atomic mass is 10.0. The number of H-pyrrole nitrogens is 1. The number of rotatable bonds is 2. The predicted molar refractivity (Wildman–Crippen MR) is 66.6 cm³/mol. The smallest absolute Gasteiger partial charge is 0.183 e. The number of nitrogen functional groups attached to an aromatic ring is 1. The lowest BCUT2D eigenvalue weighted by Gasteiger charge is -2.13. The standard InChI is InChI=1S/C11H14ClN5/c12-7(6-3-1-2-4-6)10-16-8-9(13)14-5-15-11(8)17-10/h5-7H,1-4H2,(H3,13,14,15,16,17). The molecule has 0 spiro atoms. The van der Waals surface area contributed by atoms with Crippen LogP contribution in [-0.4, -0.2) is 19.9 Å². The molecule has 2 heterocycles. The van der Waals surface area contributed by atoms with Crippen LogP contribution < -0.4 is 5.73 Å². The van der Waals surface area contributed by atoms with Crippen molar-refractivity contribution in [3.8, 4) is 0 Å². The van der Waals surface area contributed by atoms with Gasteiger partial charge in [0.15, 0.2) is 11.5 Å². The molecule has 6 heteroatoms. The number of nitrogens with zero attached hydrogens (tertiary/aromatic N) is 3. The fraction of sp³-hybridized carbons (Fsp3) is 0.545. The Balaban J connectivity index is 1.97. The third-order valence-electron chi connectivity index (χ3n) is 3.41. The van der Waals surface area contributed by atoms with Crippen LogP contribution in [-0.2, 0) is 0 Å². The summed E-state index contributed by atoms with van der Waals surface area (Å²) in [5, 5.41) is -0.0777. The van der Waals surface area contributed by atoms with Crippen LogP contribution in [0.4, 0.5) is 5.82 Å². The molecule has 0 aromatic carbocycles. The number of aromatic nitrogens is 4. The molecule has 1 aliphatic rings. The van der Waals surface area contributed by atoms with Crippen LogP contribution in [0.1, 0.15) is 36.9 Å². The molecule has 0 aliphatic heterocycles. The molecule has 3 rings (SSSR count). The van der Waals surface area contributed by atoms with Crippen molar-refractivity contribution in [1.82, 2.24) is 19.9 Å². The van der Waals surface area contributed by atoms with Crippen LogP contribution in [0, 0.1) is 5.92 Å². The van der Waals surface area contributed by atoms with E-state index in [-0.39, 0.29) is 5.38 Å². The number of fused-ring (bicyclic) bond motifs is 1. The van der Waals surface area contributed by atoms with Crippen LogP contribution in [0.2, 0.25) is 0 Å². The lowest BCUT2D eigenvalue weighted by Crippen LogP contribution is -2.05. The second-order valence-corrected chi connectivity index (χ2v) is 5.00. The molecule has 1 aliphatic carbocycles. The highest BCUT2D eigenvalue weighted by atomic mass is 35.5. The van der Waals surface area contributed by atoms with E-state index in [9.17, 15) is 0 Å². The Morgan fingerprint density at radius 1 is 1.35 bits per heavy atom. The zero-order chi connectivity index (χ0) is 11.8. The number of hydrogen-bond acceptors (Lipinski definition) is 4. The van der Waals surface area contributed by atoms with E-state index in [0.29, 0.717) is 22.9 Å². The Labute approximate surface area is 104 Å². The molecule has 1 unspecified atom stereocenters. The first-order chi connectivity index (χ1) is 8.25. The first-order valence-electron chi connectivity index (χ1n) is 5.86. The van der Waals surface area contributed by atoms with Crippen molar-refractivity contribution in [2.24, 2.45) is 5.92 Å². The zero-order valence-corrected chi connectivity index (χ0v) is 10.1. The fourth-order valence-corrected chi connectivity index (χ4v) is 2.82. The van der Waals surface area contributed by atoms with Crippen molar-refractivity contribution >= 4 is 28.6 Å². The van der Waals surface area contributed by atoms with Crippen LogP contribution >= 0.6 is 11.6 Å². The van der Waals surface area contributed by atoms with Crippen LogP contribution in [0.25, 0.3) is 11.2 Å². The SMILES string of the molecule is Nc1ncnc2nc(C(Cl)C3CCCC3)[nH]c12. The van der Waals surface area contributed by atoms with Gasteiger partial charge in [0.2, 0.25) is 0 Å². The van der Waals surface area contributed by atoms with Gasteiger partial charge in [-0.1, -0.05) is 12.8 Å². The van der Waals surface area contributed by atoms with Crippen LogP contribution in [0.15, 0.2) is 6.33 Å². The summed E-state index contributed by atoms with van der Waals surface area (Å²) in [5.74, 6) is 1.69. The fourth-order valence-electron chi connectivity index (χ4n) is 2.47. The van der Waals surface area contributed by atoms with Gasteiger partial charge in [-0.25, -0.2) is 15.0 Å². The van der Waals surface area contributed by atoms with Crippen molar-refractivity contribution in [3.63, 3.8) is 0 Å². The molecule has 90 valence electrons. The summed E-state index contributed by atoms with van der Waals surface area (Å²) < 4.78 is 0. The molecule has 0 bridgehead atoms. The average molecular weight is 252 g/mol. The Bertz CT molecular complexity index is 532. The second kappa shape index (κ2) is 4.14. The van der Waals surface area contributed by atoms with Gasteiger partial charge < -0.3 is 10.7 Å². The van der Waals surface area contributed by atoms with Gasteiger partial charge in [-0.3, -0.25) is 0 Å². The summed E-state index contributed by atoms with van der Waals surface area (Å²) in [6.07, 6.45) is 6.28. The molecule has 0 amide bonds. The van der Waals surface area contributed by atoms with E-state index >= 15 is 0 Å². The molecule has 0 saturated heterocycles. The molecular formula is C11H14ClN5. The summed E-state index contributed by atoms with van der Waals surface area (Å²) in [4.78, 5) is 15.6. The van der Waals surface area contributed by atoms with E-state index in [4.69, 9.17) is 17.3 Å². The minimum Gasteiger partial charge on any atom is -0.382 e. The van der Waals surface area contributed by atoms with Crippen LogP contribution in [0.3, 0.4) is 0 Å². The number of alkyl halides is 1. The predicted octanol–water partition coefficient (Wildman–Crippen LogP) is 2.41. The molecule has 0 radical (unpaired) electrons. The van der Waals surface area contributed by atoms with Gasteiger partial charge in [0.1, 0.15) is 17.7 Å². The summed E-state index contributed by atoms with van der Waals surface area (Å²) in [5.41, 5.74) is 7.04. The number of anilines is 1. The summed E-state index contributed by atoms with van der Waals surface area (Å²) in [6, 6.07) is 0. The molecule has 2 aromatic rings. The van der Waals surface area contributed by atoms with Gasteiger partial charge in [0.25, 0.3) is 0 Å². The number of halogens is 1. The zero-order valence-electron chi connectivity index (χ0n) is 9.36. The highest BCUT2D eigenvalue weighted by Crippen LogP contribution is 2.39. The molecular weight excluding hydrogens is 238 g/mol. The molecule has 1 fully saturated rings. The van der Waals surface area contributed by atoms with Gasteiger partial charge in [-0.05, 0) is 18.8 Å². The third-order valence-corrected chi connectivity index (χ3v) is 3.97. The molecule has 17 heavy (non-hydrogen) atoms. The first kappa shape index (κ1) is 10.8. The molecule has 1 atom stereocenters. The number of nitrogens with two attached hydrogens (primary N) is 1. The maximum atomic E-state index is 6.45. The first-order valence-corrected chi connectivity index (χ1v) is 6.29.